The summed E-state index contributed by atoms with van der Waals surface area (Å²) in [4.78, 5) is 12.2. The highest BCUT2D eigenvalue weighted by Crippen LogP contribution is 2.55. The Hall–Kier alpha value is -1.35. The lowest BCUT2D eigenvalue weighted by Gasteiger charge is -2.39. The topological polar surface area (TPSA) is 63.3 Å². The number of hydrogen-bond donors (Lipinski definition) is 2. The zero-order chi connectivity index (χ0) is 12.2. The van der Waals surface area contributed by atoms with Crippen LogP contribution >= 0.6 is 0 Å². The van der Waals surface area contributed by atoms with Crippen LogP contribution in [-0.2, 0) is 0 Å². The van der Waals surface area contributed by atoms with Gasteiger partial charge in [0.05, 0.1) is 6.10 Å². The van der Waals surface area contributed by atoms with Gasteiger partial charge in [-0.3, -0.25) is 4.79 Å². The van der Waals surface area contributed by atoms with Crippen molar-refractivity contribution in [2.75, 3.05) is 5.73 Å². The van der Waals surface area contributed by atoms with Crippen LogP contribution in [0.15, 0.2) is 18.2 Å². The highest BCUT2D eigenvalue weighted by Gasteiger charge is 2.51. The second-order valence-corrected chi connectivity index (χ2v) is 5.60. The second kappa shape index (κ2) is 3.33. The quantitative estimate of drug-likeness (QED) is 0.672. The Morgan fingerprint density at radius 2 is 2.18 bits per heavy atom. The van der Waals surface area contributed by atoms with Crippen LogP contribution in [0.4, 0.5) is 5.69 Å². The minimum absolute atomic E-state index is 0.118. The monoisotopic (exact) mass is 231 g/mol. The summed E-state index contributed by atoms with van der Waals surface area (Å²) in [6.45, 7) is 2.03. The van der Waals surface area contributed by atoms with Crippen LogP contribution in [0.1, 0.15) is 48.0 Å². The zero-order valence-electron chi connectivity index (χ0n) is 9.94. The number of benzene rings is 1. The van der Waals surface area contributed by atoms with Crippen molar-refractivity contribution in [3.05, 3.63) is 29.3 Å². The minimum atomic E-state index is -0.359. The van der Waals surface area contributed by atoms with Crippen LogP contribution in [0.25, 0.3) is 0 Å². The average Bonchev–Trinajstić information content (AvgIpc) is 2.56. The number of rotatable bonds is 0. The van der Waals surface area contributed by atoms with Crippen molar-refractivity contribution >= 4 is 11.5 Å². The molecule has 1 aromatic carbocycles. The summed E-state index contributed by atoms with van der Waals surface area (Å²) in [7, 11) is 0. The molecule has 1 aromatic rings. The van der Waals surface area contributed by atoms with E-state index in [-0.39, 0.29) is 17.3 Å². The molecule has 0 saturated heterocycles. The molecule has 3 rings (SSSR count). The van der Waals surface area contributed by atoms with Crippen molar-refractivity contribution in [3.63, 3.8) is 0 Å². The lowest BCUT2D eigenvalue weighted by molar-refractivity contribution is 0.0411. The molecule has 3 nitrogen and oxygen atoms in total. The van der Waals surface area contributed by atoms with Crippen molar-refractivity contribution < 1.29 is 9.90 Å². The highest BCUT2D eigenvalue weighted by molar-refractivity contribution is 6.00. The Morgan fingerprint density at radius 3 is 2.94 bits per heavy atom. The number of Topliss-reactive ketones (excluding diaryl/α,β-unsaturated/α-hetero) is 1. The third-order valence-electron chi connectivity index (χ3n) is 4.58. The van der Waals surface area contributed by atoms with Gasteiger partial charge in [0.2, 0.25) is 0 Å². The number of aliphatic hydroxyl groups excluding tert-OH is 1. The largest absolute Gasteiger partial charge is 0.399 e. The summed E-state index contributed by atoms with van der Waals surface area (Å²) in [6.07, 6.45) is 1.83. The van der Waals surface area contributed by atoms with E-state index in [4.69, 9.17) is 5.73 Å². The Labute approximate surface area is 101 Å². The summed E-state index contributed by atoms with van der Waals surface area (Å²) >= 11 is 0. The Bertz CT molecular complexity index is 497. The molecule has 90 valence electrons. The van der Waals surface area contributed by atoms with E-state index in [9.17, 15) is 9.90 Å². The molecule has 0 amide bonds. The van der Waals surface area contributed by atoms with Gasteiger partial charge >= 0.3 is 0 Å². The number of anilines is 1. The average molecular weight is 231 g/mol. The smallest absolute Gasteiger partial charge is 0.163 e. The molecule has 1 saturated carbocycles. The normalized spacial score (nSPS) is 35.5. The van der Waals surface area contributed by atoms with Crippen LogP contribution in [0, 0.1) is 5.41 Å². The van der Waals surface area contributed by atoms with Gasteiger partial charge in [-0.2, -0.15) is 0 Å². The molecule has 3 atom stereocenters. The van der Waals surface area contributed by atoms with E-state index in [1.807, 2.05) is 19.1 Å². The first-order valence-electron chi connectivity index (χ1n) is 6.13. The third-order valence-corrected chi connectivity index (χ3v) is 4.58. The standard InChI is InChI=1S/C14H17NO2/c1-14-7-12(16)10-6-8(15)2-3-9(10)11(14)4-5-13(14)17/h2-3,6,11,13,17H,4-5,7,15H2,1H3/t11-,13+,14+/m1/s1. The molecular formula is C14H17NO2. The molecule has 1 fully saturated rings. The molecule has 3 heteroatoms. The first kappa shape index (κ1) is 10.8. The molecule has 0 spiro atoms. The van der Waals surface area contributed by atoms with Gasteiger partial charge in [-0.05, 0) is 36.5 Å². The first-order chi connectivity index (χ1) is 8.02. The van der Waals surface area contributed by atoms with E-state index in [0.29, 0.717) is 18.0 Å². The number of nitrogen functional groups attached to an aromatic ring is 1. The van der Waals surface area contributed by atoms with Gasteiger partial charge in [0, 0.05) is 23.1 Å². The number of aliphatic hydroxyl groups is 1. The van der Waals surface area contributed by atoms with E-state index < -0.39 is 0 Å². The number of carbonyl (C=O) groups excluding carboxylic acids is 1. The lowest BCUT2D eigenvalue weighted by Crippen LogP contribution is -2.38. The van der Waals surface area contributed by atoms with Gasteiger partial charge < -0.3 is 10.8 Å². The Balaban J connectivity index is 2.17. The molecule has 0 radical (unpaired) electrons. The predicted molar refractivity (Wildman–Crippen MR) is 65.9 cm³/mol. The van der Waals surface area contributed by atoms with Gasteiger partial charge in [0.25, 0.3) is 0 Å². The maximum Gasteiger partial charge on any atom is 0.163 e. The molecule has 0 aromatic heterocycles. The van der Waals surface area contributed by atoms with Gasteiger partial charge in [0.15, 0.2) is 5.78 Å². The van der Waals surface area contributed by atoms with E-state index in [2.05, 4.69) is 0 Å². The summed E-state index contributed by atoms with van der Waals surface area (Å²) in [5, 5.41) is 10.1. The van der Waals surface area contributed by atoms with Gasteiger partial charge in [-0.15, -0.1) is 0 Å². The molecule has 2 aliphatic rings. The van der Waals surface area contributed by atoms with Crippen LogP contribution in [0.2, 0.25) is 0 Å². The molecule has 3 N–H and O–H groups in total. The fourth-order valence-electron chi connectivity index (χ4n) is 3.53. The third kappa shape index (κ3) is 1.35. The summed E-state index contributed by atoms with van der Waals surface area (Å²) < 4.78 is 0. The van der Waals surface area contributed by atoms with Gasteiger partial charge in [0.1, 0.15) is 0 Å². The van der Waals surface area contributed by atoms with E-state index in [0.717, 1.165) is 24.0 Å². The number of carbonyl (C=O) groups is 1. The maximum atomic E-state index is 12.2. The van der Waals surface area contributed by atoms with Crippen molar-refractivity contribution in [2.24, 2.45) is 5.41 Å². The first-order valence-corrected chi connectivity index (χ1v) is 6.13. The van der Waals surface area contributed by atoms with E-state index in [1.165, 1.54) is 0 Å². The zero-order valence-corrected chi connectivity index (χ0v) is 9.94. The van der Waals surface area contributed by atoms with Crippen LogP contribution in [0.3, 0.4) is 0 Å². The highest BCUT2D eigenvalue weighted by atomic mass is 16.3. The molecule has 0 bridgehead atoms. The second-order valence-electron chi connectivity index (χ2n) is 5.60. The minimum Gasteiger partial charge on any atom is -0.399 e. The molecule has 17 heavy (non-hydrogen) atoms. The van der Waals surface area contributed by atoms with E-state index in [1.54, 1.807) is 6.07 Å². The predicted octanol–water partition coefficient (Wildman–Crippen LogP) is 2.10. The van der Waals surface area contributed by atoms with Crippen molar-refractivity contribution in [2.45, 2.75) is 38.2 Å². The van der Waals surface area contributed by atoms with E-state index >= 15 is 0 Å². The van der Waals surface area contributed by atoms with Crippen LogP contribution in [-0.4, -0.2) is 17.0 Å². The molecule has 0 aliphatic heterocycles. The van der Waals surface area contributed by atoms with Gasteiger partial charge in [-0.1, -0.05) is 13.0 Å². The van der Waals surface area contributed by atoms with Gasteiger partial charge in [-0.25, -0.2) is 0 Å². The molecule has 2 aliphatic carbocycles. The molecular weight excluding hydrogens is 214 g/mol. The summed E-state index contributed by atoms with van der Waals surface area (Å²) in [5.74, 6) is 0.415. The lowest BCUT2D eigenvalue weighted by atomic mass is 9.65. The SMILES string of the molecule is C[C@]12CC(=O)c3cc(N)ccc3[C@H]1CC[C@@H]2O. The van der Waals surface area contributed by atoms with Crippen LogP contribution < -0.4 is 5.73 Å². The summed E-state index contributed by atoms with van der Waals surface area (Å²) in [6, 6.07) is 5.59. The number of nitrogens with two attached hydrogens (primary N) is 1. The molecule has 0 unspecified atom stereocenters. The number of ketones is 1. The number of fused-ring (bicyclic) bond motifs is 3. The van der Waals surface area contributed by atoms with Crippen LogP contribution in [0.5, 0.6) is 0 Å². The number of hydrogen-bond acceptors (Lipinski definition) is 3. The van der Waals surface area contributed by atoms with Crippen molar-refractivity contribution in [1.29, 1.82) is 0 Å². The molecule has 0 heterocycles. The Morgan fingerprint density at radius 1 is 1.41 bits per heavy atom. The Kier molecular flexibility index (Phi) is 2.11. The van der Waals surface area contributed by atoms with Crippen molar-refractivity contribution in [1.82, 2.24) is 0 Å². The maximum absolute atomic E-state index is 12.2. The van der Waals surface area contributed by atoms with Crippen molar-refractivity contribution in [3.8, 4) is 0 Å². The fourth-order valence-corrected chi connectivity index (χ4v) is 3.53. The summed E-state index contributed by atoms with van der Waals surface area (Å²) in [5.41, 5.74) is 7.94. The fraction of sp³-hybridized carbons (Fsp3) is 0.500.